The van der Waals surface area contributed by atoms with Crippen LogP contribution < -0.4 is 10.5 Å². The van der Waals surface area contributed by atoms with Crippen LogP contribution in [0, 0.1) is 11.3 Å². The van der Waals surface area contributed by atoms with Crippen molar-refractivity contribution in [3.05, 3.63) is 47.9 Å². The lowest BCUT2D eigenvalue weighted by Crippen LogP contribution is -2.38. The minimum absolute atomic E-state index is 0.0492. The molecule has 0 unspecified atom stereocenters. The van der Waals surface area contributed by atoms with Crippen LogP contribution in [0.1, 0.15) is 24.0 Å². The van der Waals surface area contributed by atoms with Crippen LogP contribution >= 0.6 is 0 Å². The van der Waals surface area contributed by atoms with Gasteiger partial charge in [0.1, 0.15) is 22.9 Å². The number of nitrogens with two attached hydrogens (primary N) is 1. The maximum atomic E-state index is 12.3. The zero-order valence-corrected chi connectivity index (χ0v) is 18.7. The summed E-state index contributed by atoms with van der Waals surface area (Å²) in [5.74, 6) is 0.589. The van der Waals surface area contributed by atoms with Crippen molar-refractivity contribution in [3.8, 4) is 11.8 Å². The van der Waals surface area contributed by atoms with Crippen LogP contribution in [0.15, 0.2) is 41.8 Å². The summed E-state index contributed by atoms with van der Waals surface area (Å²) < 4.78 is 7.07. The van der Waals surface area contributed by atoms with Gasteiger partial charge in [-0.15, -0.1) is 0 Å². The molecule has 9 heteroatoms. The first-order valence-electron chi connectivity index (χ1n) is 10.5. The largest absolute Gasteiger partial charge is 0.494 e. The Balaban J connectivity index is 1.66. The highest BCUT2D eigenvalue weighted by Gasteiger charge is 2.21. The van der Waals surface area contributed by atoms with E-state index < -0.39 is 0 Å². The first-order chi connectivity index (χ1) is 15.5. The highest BCUT2D eigenvalue weighted by Crippen LogP contribution is 2.27. The molecule has 1 fully saturated rings. The molecule has 168 valence electrons. The number of ether oxygens (including phenoxy) is 1. The number of carbonyl (C=O) groups excluding carboxylic acids is 1. The van der Waals surface area contributed by atoms with E-state index in [1.165, 1.54) is 12.4 Å². The van der Waals surface area contributed by atoms with Crippen molar-refractivity contribution < 1.29 is 9.53 Å². The van der Waals surface area contributed by atoms with E-state index in [0.717, 1.165) is 30.5 Å². The number of pyridine rings is 1. The Bertz CT molecular complexity index is 1080. The topological polar surface area (TPSA) is 112 Å². The van der Waals surface area contributed by atoms with Crippen molar-refractivity contribution in [2.24, 2.45) is 10.7 Å². The average Bonchev–Trinajstić information content (AvgIpc) is 3.22. The number of carbonyl (C=O) groups is 1. The molecule has 0 radical (unpaired) electrons. The summed E-state index contributed by atoms with van der Waals surface area (Å²) in [4.78, 5) is 20.9. The second kappa shape index (κ2) is 10.6. The molecular weight excluding hydrogens is 406 g/mol. The summed E-state index contributed by atoms with van der Waals surface area (Å²) in [5.41, 5.74) is 8.44. The molecule has 1 amide bonds. The van der Waals surface area contributed by atoms with Crippen LogP contribution in [-0.4, -0.2) is 78.4 Å². The summed E-state index contributed by atoms with van der Waals surface area (Å²) in [6.45, 7) is 2.10. The molecule has 0 spiro atoms. The Kier molecular flexibility index (Phi) is 7.63. The van der Waals surface area contributed by atoms with Gasteiger partial charge in [-0.05, 0) is 33.0 Å². The molecule has 2 aromatic rings. The third-order valence-corrected chi connectivity index (χ3v) is 5.36. The summed E-state index contributed by atoms with van der Waals surface area (Å²) in [5, 5.41) is 13.5. The monoisotopic (exact) mass is 435 g/mol. The quantitative estimate of drug-likeness (QED) is 0.523. The van der Waals surface area contributed by atoms with E-state index in [-0.39, 0.29) is 11.9 Å². The normalized spacial score (nSPS) is 15.8. The van der Waals surface area contributed by atoms with Gasteiger partial charge >= 0.3 is 0 Å². The van der Waals surface area contributed by atoms with Gasteiger partial charge in [-0.2, -0.15) is 10.4 Å². The molecule has 1 aliphatic rings. The van der Waals surface area contributed by atoms with Gasteiger partial charge in [-0.3, -0.25) is 9.79 Å². The van der Waals surface area contributed by atoms with Gasteiger partial charge in [0.05, 0.1) is 19.3 Å². The average molecular weight is 436 g/mol. The molecule has 0 aromatic carbocycles. The number of amides is 1. The molecular formula is C23H29N7O2. The Morgan fingerprint density at radius 3 is 2.81 bits per heavy atom. The lowest BCUT2D eigenvalue weighted by molar-refractivity contribution is -0.127. The fraction of sp³-hybridized carbons (Fsp3) is 0.391. The van der Waals surface area contributed by atoms with Gasteiger partial charge in [0.15, 0.2) is 0 Å². The number of aliphatic imine (C=N–C) groups is 1. The smallest absolute Gasteiger partial charge is 0.246 e. The molecule has 1 aliphatic heterocycles. The molecule has 1 saturated heterocycles. The summed E-state index contributed by atoms with van der Waals surface area (Å²) in [6, 6.07) is 4.07. The number of rotatable bonds is 7. The molecule has 0 aliphatic carbocycles. The predicted molar refractivity (Wildman–Crippen MR) is 124 cm³/mol. The Morgan fingerprint density at radius 1 is 1.44 bits per heavy atom. The molecule has 2 N–H and O–H groups in total. The van der Waals surface area contributed by atoms with Crippen molar-refractivity contribution in [1.29, 1.82) is 5.26 Å². The van der Waals surface area contributed by atoms with E-state index in [4.69, 9.17) is 15.5 Å². The van der Waals surface area contributed by atoms with Gasteiger partial charge < -0.3 is 20.3 Å². The maximum absolute atomic E-state index is 12.3. The number of aromatic nitrogens is 2. The fourth-order valence-corrected chi connectivity index (χ4v) is 3.58. The van der Waals surface area contributed by atoms with Crippen LogP contribution in [0.5, 0.6) is 5.75 Å². The third-order valence-electron chi connectivity index (χ3n) is 5.36. The molecule has 0 bridgehead atoms. The Morgan fingerprint density at radius 2 is 2.19 bits per heavy atom. The summed E-state index contributed by atoms with van der Waals surface area (Å²) >= 11 is 0. The summed E-state index contributed by atoms with van der Waals surface area (Å²) in [7, 11) is 5.49. The minimum Gasteiger partial charge on any atom is -0.494 e. The number of methoxy groups -OCH3 is 1. The van der Waals surface area contributed by atoms with E-state index in [9.17, 15) is 10.1 Å². The fourth-order valence-electron chi connectivity index (χ4n) is 3.58. The number of allylic oxidation sites excluding steroid dienone is 1. The van der Waals surface area contributed by atoms with Gasteiger partial charge in [-0.25, -0.2) is 4.52 Å². The Hall–Kier alpha value is -3.64. The molecule has 3 heterocycles. The van der Waals surface area contributed by atoms with Crippen molar-refractivity contribution in [1.82, 2.24) is 19.4 Å². The lowest BCUT2D eigenvalue weighted by Gasteiger charge is -2.29. The van der Waals surface area contributed by atoms with Crippen LogP contribution in [0.25, 0.3) is 11.1 Å². The number of fused-ring (bicyclic) bond motifs is 1. The number of hydrogen-bond acceptors (Lipinski definition) is 7. The second-order valence-corrected chi connectivity index (χ2v) is 7.88. The zero-order chi connectivity index (χ0) is 23.1. The van der Waals surface area contributed by atoms with E-state index in [2.05, 4.69) is 11.2 Å². The third kappa shape index (κ3) is 5.34. The van der Waals surface area contributed by atoms with Gasteiger partial charge in [0, 0.05) is 55.5 Å². The highest BCUT2D eigenvalue weighted by atomic mass is 16.5. The number of nitriles is 1. The molecule has 0 saturated carbocycles. The van der Waals surface area contributed by atoms with E-state index in [1.807, 2.05) is 36.0 Å². The SMILES string of the molecule is COc1cc(C(C=NC2CCN(C(=O)/C=C/CN(C)C)CC2)=CN)cn2ncc(C#N)c12. The standard InChI is InChI=1S/C23H29N7O2/c1-28(2)8-4-5-22(31)29-9-6-20(7-10-29)26-14-18(12-24)17-11-21(32-3)23-19(13-25)15-27-30(23)16-17/h4-5,11-12,14-16,20H,6-10,24H2,1-3H3/b5-4+,18-12?,26-14?. The van der Waals surface area contributed by atoms with E-state index >= 15 is 0 Å². The van der Waals surface area contributed by atoms with Crippen molar-refractivity contribution in [3.63, 3.8) is 0 Å². The minimum atomic E-state index is 0.0492. The molecule has 32 heavy (non-hydrogen) atoms. The van der Waals surface area contributed by atoms with Crippen LogP contribution in [0.3, 0.4) is 0 Å². The predicted octanol–water partition coefficient (Wildman–Crippen LogP) is 1.69. The molecule has 3 rings (SSSR count). The molecule has 2 aromatic heterocycles. The highest BCUT2D eigenvalue weighted by molar-refractivity contribution is 6.09. The van der Waals surface area contributed by atoms with Gasteiger partial charge in [-0.1, -0.05) is 6.08 Å². The molecule has 0 atom stereocenters. The summed E-state index contributed by atoms with van der Waals surface area (Å²) in [6.07, 6.45) is 11.7. The van der Waals surface area contributed by atoms with Crippen molar-refractivity contribution in [2.45, 2.75) is 18.9 Å². The zero-order valence-electron chi connectivity index (χ0n) is 18.7. The van der Waals surface area contributed by atoms with Gasteiger partial charge in [0.25, 0.3) is 0 Å². The van der Waals surface area contributed by atoms with Crippen LogP contribution in [0.2, 0.25) is 0 Å². The number of likely N-dealkylation sites (N-methyl/N-ethyl adjacent to an activating group) is 1. The number of piperidine rings is 1. The maximum Gasteiger partial charge on any atom is 0.246 e. The van der Waals surface area contributed by atoms with Crippen molar-refractivity contribution in [2.75, 3.05) is 40.8 Å². The Labute approximate surface area is 188 Å². The first-order valence-corrected chi connectivity index (χ1v) is 10.5. The van der Waals surface area contributed by atoms with Gasteiger partial charge in [0.2, 0.25) is 5.91 Å². The lowest BCUT2D eigenvalue weighted by atomic mass is 10.0. The van der Waals surface area contributed by atoms with E-state index in [1.54, 1.807) is 30.1 Å². The van der Waals surface area contributed by atoms with E-state index in [0.29, 0.717) is 29.9 Å². The van der Waals surface area contributed by atoms with Crippen LogP contribution in [-0.2, 0) is 4.79 Å². The second-order valence-electron chi connectivity index (χ2n) is 7.88. The first kappa shape index (κ1) is 23.0. The number of nitrogens with zero attached hydrogens (tertiary/aromatic N) is 6. The van der Waals surface area contributed by atoms with Crippen LogP contribution in [0.4, 0.5) is 0 Å². The molecule has 9 nitrogen and oxygen atoms in total. The number of likely N-dealkylation sites (tertiary alicyclic amines) is 1. The van der Waals surface area contributed by atoms with Crippen molar-refractivity contribution >= 4 is 23.2 Å². The number of hydrogen-bond donors (Lipinski definition) is 1.